The summed E-state index contributed by atoms with van der Waals surface area (Å²) in [5.74, 6) is 0.644. The molecule has 1 atom stereocenters. The van der Waals surface area contributed by atoms with Crippen LogP contribution in [0.15, 0.2) is 61.0 Å². The lowest BCUT2D eigenvalue weighted by molar-refractivity contribution is 0.417. The van der Waals surface area contributed by atoms with Crippen molar-refractivity contribution in [3.8, 4) is 16.5 Å². The van der Waals surface area contributed by atoms with Crippen LogP contribution in [0.2, 0.25) is 0 Å². The minimum atomic E-state index is 0.245. The second-order valence-electron chi connectivity index (χ2n) is 6.57. The van der Waals surface area contributed by atoms with Crippen LogP contribution in [-0.2, 0) is 0 Å². The third-order valence-corrected chi connectivity index (χ3v) is 5.28. The molecule has 29 heavy (non-hydrogen) atoms. The quantitative estimate of drug-likeness (QED) is 0.477. The third-order valence-electron chi connectivity index (χ3n) is 4.40. The molecule has 6 nitrogen and oxygen atoms in total. The molecule has 3 heterocycles. The molecule has 0 aliphatic heterocycles. The van der Waals surface area contributed by atoms with Crippen molar-refractivity contribution in [1.82, 2.24) is 20.2 Å². The number of pyridine rings is 2. The highest BCUT2D eigenvalue weighted by atomic mass is 32.1. The molecular formula is C22H25N5OS. The maximum Gasteiger partial charge on any atom is 0.206 e. The number of aromatic nitrogens is 4. The van der Waals surface area contributed by atoms with Gasteiger partial charge in [-0.1, -0.05) is 54.7 Å². The van der Waals surface area contributed by atoms with E-state index in [4.69, 9.17) is 9.72 Å². The number of nitrogens with one attached hydrogen (secondary N) is 1. The van der Waals surface area contributed by atoms with Crippen LogP contribution in [0.25, 0.3) is 21.6 Å². The van der Waals surface area contributed by atoms with E-state index in [1.807, 2.05) is 24.3 Å². The first-order valence-corrected chi connectivity index (χ1v) is 10.3. The Balaban J connectivity index is 1.73. The Hall–Kier alpha value is -3.06. The summed E-state index contributed by atoms with van der Waals surface area (Å²) in [4.78, 5) is 8.87. The zero-order valence-electron chi connectivity index (χ0n) is 16.9. The van der Waals surface area contributed by atoms with E-state index in [2.05, 4.69) is 47.0 Å². The first-order valence-electron chi connectivity index (χ1n) is 9.50. The van der Waals surface area contributed by atoms with Crippen LogP contribution in [0.3, 0.4) is 0 Å². The molecule has 1 N–H and O–H groups in total. The molecule has 0 radical (unpaired) electrons. The highest BCUT2D eigenvalue weighted by Crippen LogP contribution is 2.29. The lowest BCUT2D eigenvalue weighted by Gasteiger charge is -2.13. The normalized spacial score (nSPS) is 13.0. The average Bonchev–Trinajstić information content (AvgIpc) is 3.20. The standard InChI is InChI=1S/C22H25N5OS/c1-5-7-8-9-16(6-2)12-15(3)24-22-27-26-21(29-22)18-11-10-17-13-23-14-19(28-4)20(17)25-18/h5,7-11,13-15H,1,6,12H2,2-4H3,(H,24,27)/b8-7-,16-9+. The van der Waals surface area contributed by atoms with E-state index >= 15 is 0 Å². The first-order chi connectivity index (χ1) is 14.1. The number of ether oxygens (including phenoxy) is 1. The van der Waals surface area contributed by atoms with Gasteiger partial charge in [0, 0.05) is 17.6 Å². The molecule has 3 aromatic rings. The highest BCUT2D eigenvalue weighted by Gasteiger charge is 2.13. The fourth-order valence-corrected chi connectivity index (χ4v) is 3.75. The van der Waals surface area contributed by atoms with Crippen LogP contribution in [0, 0.1) is 0 Å². The van der Waals surface area contributed by atoms with Gasteiger partial charge in [-0.2, -0.15) is 0 Å². The lowest BCUT2D eigenvalue weighted by atomic mass is 10.0. The average molecular weight is 408 g/mol. The molecule has 3 aromatic heterocycles. The predicted molar refractivity (Wildman–Crippen MR) is 120 cm³/mol. The van der Waals surface area contributed by atoms with Gasteiger partial charge in [0.25, 0.3) is 0 Å². The maximum atomic E-state index is 5.37. The summed E-state index contributed by atoms with van der Waals surface area (Å²) in [6, 6.07) is 4.15. The van der Waals surface area contributed by atoms with Crippen molar-refractivity contribution in [3.63, 3.8) is 0 Å². The SMILES string of the molecule is C=C/C=C\C=C(/CC)CC(C)Nc1nnc(-c2ccc3cncc(OC)c3n2)s1. The Morgan fingerprint density at radius 3 is 2.90 bits per heavy atom. The van der Waals surface area contributed by atoms with E-state index in [-0.39, 0.29) is 6.04 Å². The smallest absolute Gasteiger partial charge is 0.206 e. The van der Waals surface area contributed by atoms with Crippen molar-refractivity contribution >= 4 is 27.4 Å². The summed E-state index contributed by atoms with van der Waals surface area (Å²) in [6.45, 7) is 8.01. The molecule has 0 saturated heterocycles. The second-order valence-corrected chi connectivity index (χ2v) is 7.55. The van der Waals surface area contributed by atoms with Crippen molar-refractivity contribution in [2.45, 2.75) is 32.7 Å². The van der Waals surface area contributed by atoms with Crippen molar-refractivity contribution in [2.75, 3.05) is 12.4 Å². The number of hydrogen-bond donors (Lipinski definition) is 1. The molecule has 0 bridgehead atoms. The van der Waals surface area contributed by atoms with Gasteiger partial charge >= 0.3 is 0 Å². The van der Waals surface area contributed by atoms with Crippen LogP contribution in [0.4, 0.5) is 5.13 Å². The van der Waals surface area contributed by atoms with Crippen molar-refractivity contribution in [1.29, 1.82) is 0 Å². The van der Waals surface area contributed by atoms with Crippen LogP contribution in [0.1, 0.15) is 26.7 Å². The van der Waals surface area contributed by atoms with E-state index in [0.29, 0.717) is 5.75 Å². The van der Waals surface area contributed by atoms with Crippen molar-refractivity contribution in [3.05, 3.63) is 61.0 Å². The Labute approximate surface area is 175 Å². The van der Waals surface area contributed by atoms with Crippen LogP contribution < -0.4 is 10.1 Å². The summed E-state index contributed by atoms with van der Waals surface area (Å²) >= 11 is 1.49. The second kappa shape index (κ2) is 9.93. The summed E-state index contributed by atoms with van der Waals surface area (Å²) in [6.07, 6.45) is 13.3. The van der Waals surface area contributed by atoms with Crippen LogP contribution in [-0.4, -0.2) is 33.3 Å². The molecule has 0 aliphatic rings. The third kappa shape index (κ3) is 5.26. The Kier molecular flexibility index (Phi) is 7.08. The van der Waals surface area contributed by atoms with E-state index in [0.717, 1.165) is 39.6 Å². The van der Waals surface area contributed by atoms with Crippen LogP contribution in [0.5, 0.6) is 5.75 Å². The molecule has 150 valence electrons. The molecule has 0 aliphatic carbocycles. The minimum Gasteiger partial charge on any atom is -0.493 e. The summed E-state index contributed by atoms with van der Waals surface area (Å²) < 4.78 is 5.37. The van der Waals surface area contributed by atoms with Gasteiger partial charge in [-0.15, -0.1) is 10.2 Å². The Morgan fingerprint density at radius 2 is 2.14 bits per heavy atom. The topological polar surface area (TPSA) is 72.8 Å². The van der Waals surface area contributed by atoms with Gasteiger partial charge in [-0.25, -0.2) is 4.98 Å². The largest absolute Gasteiger partial charge is 0.493 e. The van der Waals surface area contributed by atoms with E-state index in [9.17, 15) is 0 Å². The molecule has 0 saturated carbocycles. The van der Waals surface area contributed by atoms with Gasteiger partial charge in [-0.3, -0.25) is 4.98 Å². The fraction of sp³-hybridized carbons (Fsp3) is 0.273. The zero-order chi connectivity index (χ0) is 20.6. The number of anilines is 1. The zero-order valence-corrected chi connectivity index (χ0v) is 17.7. The van der Waals surface area contributed by atoms with E-state index in [1.54, 1.807) is 25.6 Å². The molecule has 0 amide bonds. The van der Waals surface area contributed by atoms with Gasteiger partial charge in [0.05, 0.1) is 13.3 Å². The highest BCUT2D eigenvalue weighted by molar-refractivity contribution is 7.18. The molecular weight excluding hydrogens is 382 g/mol. The molecule has 7 heteroatoms. The van der Waals surface area contributed by atoms with E-state index < -0.39 is 0 Å². The van der Waals surface area contributed by atoms with Gasteiger partial charge in [0.2, 0.25) is 5.13 Å². The van der Waals surface area contributed by atoms with Crippen molar-refractivity contribution < 1.29 is 4.74 Å². The number of methoxy groups -OCH3 is 1. The van der Waals surface area contributed by atoms with Gasteiger partial charge in [-0.05, 0) is 31.9 Å². The maximum absolute atomic E-state index is 5.37. The minimum absolute atomic E-state index is 0.245. The summed E-state index contributed by atoms with van der Waals surface area (Å²) in [5, 5.41) is 14.5. The number of rotatable bonds is 9. The summed E-state index contributed by atoms with van der Waals surface area (Å²) in [5.41, 5.74) is 2.90. The Bertz CT molecular complexity index is 1040. The summed E-state index contributed by atoms with van der Waals surface area (Å²) in [7, 11) is 1.62. The molecule has 0 aromatic carbocycles. The predicted octanol–water partition coefficient (Wildman–Crippen LogP) is 5.43. The monoisotopic (exact) mass is 407 g/mol. The molecule has 0 fully saturated rings. The fourth-order valence-electron chi connectivity index (χ4n) is 2.93. The van der Waals surface area contributed by atoms with Gasteiger partial charge in [0.15, 0.2) is 10.8 Å². The van der Waals surface area contributed by atoms with Gasteiger partial charge < -0.3 is 10.1 Å². The van der Waals surface area contributed by atoms with E-state index in [1.165, 1.54) is 16.9 Å². The number of fused-ring (bicyclic) bond motifs is 1. The molecule has 0 spiro atoms. The Morgan fingerprint density at radius 1 is 1.28 bits per heavy atom. The number of hydrogen-bond acceptors (Lipinski definition) is 7. The first kappa shape index (κ1) is 20.7. The number of nitrogens with zero attached hydrogens (tertiary/aromatic N) is 4. The van der Waals surface area contributed by atoms with Crippen molar-refractivity contribution in [2.24, 2.45) is 0 Å². The molecule has 3 rings (SSSR count). The molecule has 1 unspecified atom stereocenters. The van der Waals surface area contributed by atoms with Crippen LogP contribution >= 0.6 is 11.3 Å². The number of allylic oxidation sites excluding steroid dienone is 4. The van der Waals surface area contributed by atoms with Gasteiger partial charge in [0.1, 0.15) is 11.2 Å². The lowest BCUT2D eigenvalue weighted by Crippen LogP contribution is -2.15.